The van der Waals surface area contributed by atoms with Gasteiger partial charge in [0.15, 0.2) is 0 Å². The molecule has 1 amide bonds. The summed E-state index contributed by atoms with van der Waals surface area (Å²) < 4.78 is 1.59. The number of aliphatic carboxylic acids is 1. The van der Waals surface area contributed by atoms with E-state index in [9.17, 15) is 14.4 Å². The van der Waals surface area contributed by atoms with Gasteiger partial charge < -0.3 is 10.4 Å². The Hall–Kier alpha value is -2.48. The molecule has 0 aliphatic rings. The van der Waals surface area contributed by atoms with E-state index in [0.717, 1.165) is 15.2 Å². The number of halogens is 1. The van der Waals surface area contributed by atoms with Gasteiger partial charge in [0.2, 0.25) is 0 Å². The van der Waals surface area contributed by atoms with Crippen LogP contribution in [-0.4, -0.2) is 26.8 Å². The fourth-order valence-corrected chi connectivity index (χ4v) is 1.80. The number of nitrogens with one attached hydrogen (secondary N) is 1. The Kier molecular flexibility index (Phi) is 4.49. The third-order valence-electron chi connectivity index (χ3n) is 2.49. The molecule has 0 aliphatic carbocycles. The molecule has 0 bridgehead atoms. The normalized spacial score (nSPS) is 10.1. The zero-order valence-electron chi connectivity index (χ0n) is 10.6. The second-order valence-corrected chi connectivity index (χ2v) is 4.98. The van der Waals surface area contributed by atoms with Gasteiger partial charge in [-0.3, -0.25) is 14.4 Å². The van der Waals surface area contributed by atoms with Gasteiger partial charge in [-0.1, -0.05) is 15.9 Å². The van der Waals surface area contributed by atoms with E-state index >= 15 is 0 Å². The Morgan fingerprint density at radius 1 is 1.19 bits per heavy atom. The van der Waals surface area contributed by atoms with Crippen molar-refractivity contribution < 1.29 is 14.7 Å². The van der Waals surface area contributed by atoms with Gasteiger partial charge in [-0.25, -0.2) is 4.68 Å². The van der Waals surface area contributed by atoms with Crippen LogP contribution in [0.1, 0.15) is 10.5 Å². The highest BCUT2D eigenvalue weighted by Crippen LogP contribution is 2.14. The van der Waals surface area contributed by atoms with Crippen molar-refractivity contribution in [1.29, 1.82) is 0 Å². The summed E-state index contributed by atoms with van der Waals surface area (Å²) >= 11 is 3.28. The molecule has 1 heterocycles. The van der Waals surface area contributed by atoms with Gasteiger partial charge in [-0.05, 0) is 30.3 Å². The van der Waals surface area contributed by atoms with Crippen LogP contribution in [0.4, 0.5) is 5.69 Å². The number of carboxylic acids is 1. The molecule has 1 aromatic heterocycles. The molecule has 0 saturated heterocycles. The number of carboxylic acid groups (broad SMARTS) is 1. The minimum Gasteiger partial charge on any atom is -0.480 e. The Labute approximate surface area is 127 Å². The van der Waals surface area contributed by atoms with Gasteiger partial charge in [0, 0.05) is 16.2 Å². The average Bonchev–Trinajstić information content (AvgIpc) is 2.43. The van der Waals surface area contributed by atoms with Crippen LogP contribution in [-0.2, 0) is 11.3 Å². The predicted octanol–water partition coefficient (Wildman–Crippen LogP) is 1.34. The maximum atomic E-state index is 12.0. The van der Waals surface area contributed by atoms with Crippen molar-refractivity contribution in [2.75, 3.05) is 5.32 Å². The van der Waals surface area contributed by atoms with Gasteiger partial charge in [0.05, 0.1) is 0 Å². The first-order valence-corrected chi connectivity index (χ1v) is 6.62. The molecule has 0 unspecified atom stereocenters. The lowest BCUT2D eigenvalue weighted by atomic mass is 10.3. The van der Waals surface area contributed by atoms with E-state index in [4.69, 9.17) is 5.11 Å². The molecule has 2 N–H and O–H groups in total. The molecule has 0 spiro atoms. The topological polar surface area (TPSA) is 101 Å². The minimum atomic E-state index is -1.21. The smallest absolute Gasteiger partial charge is 0.325 e. The first-order chi connectivity index (χ1) is 9.95. The van der Waals surface area contributed by atoms with E-state index < -0.39 is 24.0 Å². The van der Waals surface area contributed by atoms with Crippen molar-refractivity contribution in [2.45, 2.75) is 6.54 Å². The van der Waals surface area contributed by atoms with Crippen molar-refractivity contribution in [2.24, 2.45) is 0 Å². The highest BCUT2D eigenvalue weighted by molar-refractivity contribution is 9.10. The molecule has 2 aromatic rings. The third kappa shape index (κ3) is 3.99. The molecule has 0 aliphatic heterocycles. The van der Waals surface area contributed by atoms with E-state index in [0.29, 0.717) is 5.69 Å². The first-order valence-electron chi connectivity index (χ1n) is 5.82. The van der Waals surface area contributed by atoms with Gasteiger partial charge in [-0.2, -0.15) is 5.10 Å². The van der Waals surface area contributed by atoms with Crippen LogP contribution in [0, 0.1) is 0 Å². The first kappa shape index (κ1) is 14.9. The van der Waals surface area contributed by atoms with Gasteiger partial charge in [0.1, 0.15) is 12.2 Å². The molecular formula is C13H10BrN3O4. The van der Waals surface area contributed by atoms with Crippen LogP contribution >= 0.6 is 15.9 Å². The molecule has 0 fully saturated rings. The number of aromatic nitrogens is 2. The fourth-order valence-electron chi connectivity index (χ4n) is 1.54. The highest BCUT2D eigenvalue weighted by Gasteiger charge is 2.11. The highest BCUT2D eigenvalue weighted by atomic mass is 79.9. The van der Waals surface area contributed by atoms with E-state index in [-0.39, 0.29) is 5.69 Å². The van der Waals surface area contributed by atoms with E-state index in [1.54, 1.807) is 24.3 Å². The number of hydrogen-bond donors (Lipinski definition) is 2. The molecule has 0 atom stereocenters. The largest absolute Gasteiger partial charge is 0.480 e. The molecule has 1 aromatic carbocycles. The van der Waals surface area contributed by atoms with E-state index in [1.807, 2.05) is 0 Å². The third-order valence-corrected chi connectivity index (χ3v) is 3.02. The van der Waals surface area contributed by atoms with Gasteiger partial charge in [0.25, 0.3) is 11.5 Å². The summed E-state index contributed by atoms with van der Waals surface area (Å²) in [5.74, 6) is -1.74. The summed E-state index contributed by atoms with van der Waals surface area (Å²) in [6.07, 6.45) is 0. The SMILES string of the molecule is O=C(O)Cn1nc(C(=O)Nc2ccc(Br)cc2)ccc1=O. The molecule has 7 nitrogen and oxygen atoms in total. The standard InChI is InChI=1S/C13H10BrN3O4/c14-8-1-3-9(4-2-8)15-13(21)10-5-6-11(18)17(16-10)7-12(19)20/h1-6H,7H2,(H,15,21)(H,19,20). The lowest BCUT2D eigenvalue weighted by Gasteiger charge is -2.06. The van der Waals surface area contributed by atoms with Crippen molar-refractivity contribution in [3.63, 3.8) is 0 Å². The summed E-state index contributed by atoms with van der Waals surface area (Å²) in [4.78, 5) is 34.0. The summed E-state index contributed by atoms with van der Waals surface area (Å²) in [7, 11) is 0. The van der Waals surface area contributed by atoms with E-state index in [1.165, 1.54) is 6.07 Å². The van der Waals surface area contributed by atoms with E-state index in [2.05, 4.69) is 26.3 Å². The Balaban J connectivity index is 2.21. The van der Waals surface area contributed by atoms with Crippen LogP contribution in [0.2, 0.25) is 0 Å². The van der Waals surface area contributed by atoms with Crippen LogP contribution < -0.4 is 10.9 Å². The van der Waals surface area contributed by atoms with Crippen LogP contribution in [0.25, 0.3) is 0 Å². The van der Waals surface area contributed by atoms with Crippen LogP contribution in [0.3, 0.4) is 0 Å². The summed E-state index contributed by atoms with van der Waals surface area (Å²) in [6, 6.07) is 9.24. The predicted molar refractivity (Wildman–Crippen MR) is 78.2 cm³/mol. The quantitative estimate of drug-likeness (QED) is 0.865. The number of anilines is 1. The Morgan fingerprint density at radius 2 is 1.86 bits per heavy atom. The molecule has 0 saturated carbocycles. The number of hydrogen-bond acceptors (Lipinski definition) is 4. The van der Waals surface area contributed by atoms with Crippen molar-refractivity contribution in [3.8, 4) is 0 Å². The number of amides is 1. The lowest BCUT2D eigenvalue weighted by Crippen LogP contribution is -2.28. The van der Waals surface area contributed by atoms with Crippen LogP contribution in [0.5, 0.6) is 0 Å². The molecule has 2 rings (SSSR count). The number of nitrogens with zero attached hydrogens (tertiary/aromatic N) is 2. The monoisotopic (exact) mass is 351 g/mol. The zero-order chi connectivity index (χ0) is 15.4. The van der Waals surface area contributed by atoms with Crippen LogP contribution in [0.15, 0.2) is 45.7 Å². The van der Waals surface area contributed by atoms with Gasteiger partial charge in [-0.15, -0.1) is 0 Å². The summed E-state index contributed by atoms with van der Waals surface area (Å²) in [5.41, 5.74) is -0.0719. The lowest BCUT2D eigenvalue weighted by molar-refractivity contribution is -0.138. The van der Waals surface area contributed by atoms with Crippen molar-refractivity contribution in [3.05, 3.63) is 56.9 Å². The summed E-state index contributed by atoms with van der Waals surface area (Å²) in [6.45, 7) is -0.599. The molecule has 21 heavy (non-hydrogen) atoms. The molecular weight excluding hydrogens is 342 g/mol. The van der Waals surface area contributed by atoms with Crippen molar-refractivity contribution in [1.82, 2.24) is 9.78 Å². The second-order valence-electron chi connectivity index (χ2n) is 4.07. The Morgan fingerprint density at radius 3 is 2.48 bits per heavy atom. The summed E-state index contributed by atoms with van der Waals surface area (Å²) in [5, 5.41) is 15.0. The molecule has 108 valence electrons. The number of carbonyl (C=O) groups excluding carboxylic acids is 1. The molecule has 0 radical (unpaired) electrons. The maximum absolute atomic E-state index is 12.0. The molecule has 8 heteroatoms. The minimum absolute atomic E-state index is 0.0428. The average molecular weight is 352 g/mol. The second kappa shape index (κ2) is 6.31. The number of benzene rings is 1. The Bertz CT molecular complexity index is 740. The van der Waals surface area contributed by atoms with Gasteiger partial charge >= 0.3 is 5.97 Å². The van der Waals surface area contributed by atoms with Crippen molar-refractivity contribution >= 4 is 33.5 Å². The zero-order valence-corrected chi connectivity index (χ0v) is 12.2. The fraction of sp³-hybridized carbons (Fsp3) is 0.0769. The number of carbonyl (C=O) groups is 2. The maximum Gasteiger partial charge on any atom is 0.325 e. The number of rotatable bonds is 4.